The molecule has 5 heteroatoms. The molecule has 0 amide bonds. The molecule has 0 radical (unpaired) electrons. The summed E-state index contributed by atoms with van der Waals surface area (Å²) in [7, 11) is 0. The SMILES string of the molecule is CCCCCCCCCCCCNc1cc(C)nc(NCCO)n1. The number of hydrogen-bond donors (Lipinski definition) is 3. The maximum atomic E-state index is 8.85. The minimum atomic E-state index is 0.0820. The molecule has 0 atom stereocenters. The van der Waals surface area contributed by atoms with Gasteiger partial charge < -0.3 is 15.7 Å². The van der Waals surface area contributed by atoms with Crippen molar-refractivity contribution in [1.82, 2.24) is 9.97 Å². The van der Waals surface area contributed by atoms with E-state index in [9.17, 15) is 0 Å². The van der Waals surface area contributed by atoms with Crippen LogP contribution in [0.15, 0.2) is 6.07 Å². The van der Waals surface area contributed by atoms with Gasteiger partial charge in [-0.2, -0.15) is 4.98 Å². The predicted octanol–water partition coefficient (Wildman–Crippen LogP) is 4.52. The lowest BCUT2D eigenvalue weighted by atomic mass is 10.1. The van der Waals surface area contributed by atoms with Crippen LogP contribution < -0.4 is 10.6 Å². The first kappa shape index (κ1) is 20.7. The Morgan fingerprint density at radius 3 is 2.08 bits per heavy atom. The molecule has 3 N–H and O–H groups in total. The molecule has 0 aromatic carbocycles. The largest absolute Gasteiger partial charge is 0.395 e. The first-order chi connectivity index (χ1) is 11.8. The lowest BCUT2D eigenvalue weighted by Crippen LogP contribution is -2.11. The smallest absolute Gasteiger partial charge is 0.224 e. The zero-order valence-electron chi connectivity index (χ0n) is 15.6. The lowest BCUT2D eigenvalue weighted by Gasteiger charge is -2.09. The highest BCUT2D eigenvalue weighted by Gasteiger charge is 2.01. The Morgan fingerprint density at radius 1 is 0.833 bits per heavy atom. The fourth-order valence-corrected chi connectivity index (χ4v) is 2.73. The number of hydrogen-bond acceptors (Lipinski definition) is 5. The van der Waals surface area contributed by atoms with Crippen molar-refractivity contribution in [3.63, 3.8) is 0 Å². The summed E-state index contributed by atoms with van der Waals surface area (Å²) in [4.78, 5) is 8.71. The van der Waals surface area contributed by atoms with E-state index in [1.165, 1.54) is 64.2 Å². The van der Waals surface area contributed by atoms with Gasteiger partial charge in [-0.1, -0.05) is 64.7 Å². The molecule has 1 heterocycles. The Balaban J connectivity index is 2.05. The Kier molecular flexibility index (Phi) is 12.1. The summed E-state index contributed by atoms with van der Waals surface area (Å²) in [6, 6.07) is 1.96. The van der Waals surface area contributed by atoms with E-state index in [1.54, 1.807) is 0 Å². The van der Waals surface area contributed by atoms with Crippen LogP contribution in [0.3, 0.4) is 0 Å². The summed E-state index contributed by atoms with van der Waals surface area (Å²) in [6.45, 7) is 5.73. The minimum Gasteiger partial charge on any atom is -0.395 e. The van der Waals surface area contributed by atoms with Crippen molar-refractivity contribution >= 4 is 11.8 Å². The second-order valence-electron chi connectivity index (χ2n) is 6.48. The van der Waals surface area contributed by atoms with Crippen LogP contribution >= 0.6 is 0 Å². The van der Waals surface area contributed by atoms with Crippen molar-refractivity contribution < 1.29 is 5.11 Å². The molecular weight excluding hydrogens is 300 g/mol. The Bertz CT molecular complexity index is 426. The van der Waals surface area contributed by atoms with Gasteiger partial charge in [-0.15, -0.1) is 0 Å². The van der Waals surface area contributed by atoms with Crippen LogP contribution in [-0.2, 0) is 0 Å². The number of rotatable bonds is 15. The van der Waals surface area contributed by atoms with Crippen LogP contribution in [0, 0.1) is 6.92 Å². The van der Waals surface area contributed by atoms with Gasteiger partial charge in [0.05, 0.1) is 6.61 Å². The van der Waals surface area contributed by atoms with Gasteiger partial charge in [-0.25, -0.2) is 4.98 Å². The highest BCUT2D eigenvalue weighted by Crippen LogP contribution is 2.12. The standard InChI is InChI=1S/C19H36N4O/c1-3-4-5-6-7-8-9-10-11-12-13-20-18-16-17(2)22-19(23-18)21-14-15-24/h16,24H,3-15H2,1-2H3,(H2,20,21,22,23). The van der Waals surface area contributed by atoms with Crippen LogP contribution in [0.4, 0.5) is 11.8 Å². The number of anilines is 2. The summed E-state index contributed by atoms with van der Waals surface area (Å²) in [5.74, 6) is 1.44. The zero-order valence-corrected chi connectivity index (χ0v) is 15.6. The van der Waals surface area contributed by atoms with E-state index >= 15 is 0 Å². The summed E-state index contributed by atoms with van der Waals surface area (Å²) >= 11 is 0. The molecule has 0 unspecified atom stereocenters. The van der Waals surface area contributed by atoms with Gasteiger partial charge in [0.15, 0.2) is 0 Å². The first-order valence-electron chi connectivity index (χ1n) is 9.70. The molecule has 0 aliphatic carbocycles. The van der Waals surface area contributed by atoms with Crippen LogP contribution in [0.2, 0.25) is 0 Å². The molecule has 138 valence electrons. The molecule has 0 aliphatic rings. The Labute approximate surface area is 147 Å². The molecule has 0 aliphatic heterocycles. The second-order valence-corrected chi connectivity index (χ2v) is 6.48. The number of aliphatic hydroxyl groups excluding tert-OH is 1. The fourth-order valence-electron chi connectivity index (χ4n) is 2.73. The molecule has 1 aromatic heterocycles. The minimum absolute atomic E-state index is 0.0820. The van der Waals surface area contributed by atoms with Gasteiger partial charge >= 0.3 is 0 Å². The van der Waals surface area contributed by atoms with Crippen molar-refractivity contribution in [2.45, 2.75) is 78.1 Å². The molecule has 0 bridgehead atoms. The predicted molar refractivity (Wildman–Crippen MR) is 103 cm³/mol. The number of aromatic nitrogens is 2. The number of nitrogens with zero attached hydrogens (tertiary/aromatic N) is 2. The maximum absolute atomic E-state index is 8.85. The highest BCUT2D eigenvalue weighted by molar-refractivity contribution is 5.42. The van der Waals surface area contributed by atoms with E-state index in [0.717, 1.165) is 18.1 Å². The van der Waals surface area contributed by atoms with Gasteiger partial charge in [0.25, 0.3) is 0 Å². The average Bonchev–Trinajstić information content (AvgIpc) is 2.57. The van der Waals surface area contributed by atoms with Crippen molar-refractivity contribution in [3.05, 3.63) is 11.8 Å². The normalized spacial score (nSPS) is 10.8. The lowest BCUT2D eigenvalue weighted by molar-refractivity contribution is 0.311. The molecule has 0 spiro atoms. The van der Waals surface area contributed by atoms with Gasteiger partial charge in [-0.05, 0) is 13.3 Å². The van der Waals surface area contributed by atoms with Crippen LogP contribution in [0.5, 0.6) is 0 Å². The van der Waals surface area contributed by atoms with Crippen LogP contribution in [-0.4, -0.2) is 34.8 Å². The van der Waals surface area contributed by atoms with E-state index in [2.05, 4.69) is 27.5 Å². The maximum Gasteiger partial charge on any atom is 0.224 e. The molecule has 0 fully saturated rings. The van der Waals surface area contributed by atoms with E-state index in [-0.39, 0.29) is 6.61 Å². The van der Waals surface area contributed by atoms with E-state index in [0.29, 0.717) is 12.5 Å². The van der Waals surface area contributed by atoms with Gasteiger partial charge in [0.1, 0.15) is 5.82 Å². The summed E-state index contributed by atoms with van der Waals surface area (Å²) < 4.78 is 0. The molecule has 1 aromatic rings. The first-order valence-corrected chi connectivity index (χ1v) is 9.70. The third-order valence-corrected chi connectivity index (χ3v) is 4.09. The van der Waals surface area contributed by atoms with Crippen molar-refractivity contribution in [3.8, 4) is 0 Å². The molecule has 0 saturated heterocycles. The van der Waals surface area contributed by atoms with E-state index in [1.807, 2.05) is 13.0 Å². The number of unbranched alkanes of at least 4 members (excludes halogenated alkanes) is 9. The third kappa shape index (κ3) is 10.4. The van der Waals surface area contributed by atoms with Crippen molar-refractivity contribution in [1.29, 1.82) is 0 Å². The summed E-state index contributed by atoms with van der Waals surface area (Å²) in [5, 5.41) is 15.2. The highest BCUT2D eigenvalue weighted by atomic mass is 16.3. The molecule has 5 nitrogen and oxygen atoms in total. The van der Waals surface area contributed by atoms with Gasteiger partial charge in [0.2, 0.25) is 5.95 Å². The fraction of sp³-hybridized carbons (Fsp3) is 0.789. The van der Waals surface area contributed by atoms with Crippen molar-refractivity contribution in [2.24, 2.45) is 0 Å². The number of nitrogens with one attached hydrogen (secondary N) is 2. The topological polar surface area (TPSA) is 70.1 Å². The molecular formula is C19H36N4O. The third-order valence-electron chi connectivity index (χ3n) is 4.09. The van der Waals surface area contributed by atoms with Gasteiger partial charge in [0, 0.05) is 24.8 Å². The quantitative estimate of drug-likeness (QED) is 0.411. The summed E-state index contributed by atoms with van der Waals surface area (Å²) in [6.07, 6.45) is 13.5. The Hall–Kier alpha value is -1.36. The van der Waals surface area contributed by atoms with Gasteiger partial charge in [-0.3, -0.25) is 0 Å². The average molecular weight is 337 g/mol. The molecule has 24 heavy (non-hydrogen) atoms. The van der Waals surface area contributed by atoms with Crippen LogP contribution in [0.1, 0.15) is 76.8 Å². The molecule has 0 saturated carbocycles. The number of aliphatic hydroxyl groups is 1. The van der Waals surface area contributed by atoms with E-state index in [4.69, 9.17) is 5.11 Å². The molecule has 1 rings (SSSR count). The zero-order chi connectivity index (χ0) is 17.5. The van der Waals surface area contributed by atoms with Crippen molar-refractivity contribution in [2.75, 3.05) is 30.3 Å². The number of aryl methyl sites for hydroxylation is 1. The Morgan fingerprint density at radius 2 is 1.46 bits per heavy atom. The second kappa shape index (κ2) is 14.0. The summed E-state index contributed by atoms with van der Waals surface area (Å²) in [5.41, 5.74) is 0.927. The van der Waals surface area contributed by atoms with E-state index < -0.39 is 0 Å². The monoisotopic (exact) mass is 336 g/mol. The van der Waals surface area contributed by atoms with Crippen LogP contribution in [0.25, 0.3) is 0 Å².